The van der Waals surface area contributed by atoms with E-state index in [1.165, 1.54) is 0 Å². The lowest BCUT2D eigenvalue weighted by molar-refractivity contribution is 0.160. The monoisotopic (exact) mass is 233 g/mol. The minimum Gasteiger partial charge on any atom is -0.443 e. The Morgan fingerprint density at radius 3 is 2.55 bits per heavy atom. The summed E-state index contributed by atoms with van der Waals surface area (Å²) in [4.78, 5) is 13.4. The Morgan fingerprint density at radius 2 is 2.18 bits per heavy atom. The van der Waals surface area contributed by atoms with Crippen molar-refractivity contribution in [3.63, 3.8) is 0 Å². The zero-order valence-electron chi connectivity index (χ0n) is 5.01. The fourth-order valence-electron chi connectivity index (χ4n) is 0.213. The SMILES string of the molecule is O=C(N=C=S)OCC(Cl)(Cl)Cl. The summed E-state index contributed by atoms with van der Waals surface area (Å²) in [5.41, 5.74) is 0. The van der Waals surface area contributed by atoms with E-state index in [0.717, 1.165) is 0 Å². The van der Waals surface area contributed by atoms with Gasteiger partial charge in [0.15, 0.2) is 0 Å². The average Bonchev–Trinajstić information content (AvgIpc) is 1.83. The number of hydrogen-bond acceptors (Lipinski definition) is 3. The van der Waals surface area contributed by atoms with Crippen LogP contribution < -0.4 is 0 Å². The van der Waals surface area contributed by atoms with Crippen molar-refractivity contribution in [3.8, 4) is 0 Å². The lowest BCUT2D eigenvalue weighted by atomic mass is 10.8. The number of isothiocyanates is 1. The number of halogens is 3. The number of carbonyl (C=O) groups excluding carboxylic acids is 1. The van der Waals surface area contributed by atoms with Crippen molar-refractivity contribution in [2.24, 2.45) is 4.99 Å². The molecule has 0 aromatic carbocycles. The van der Waals surface area contributed by atoms with Crippen molar-refractivity contribution >= 4 is 58.3 Å². The summed E-state index contributed by atoms with van der Waals surface area (Å²) in [7, 11) is 0. The van der Waals surface area contributed by atoms with Crippen LogP contribution in [0.3, 0.4) is 0 Å². The van der Waals surface area contributed by atoms with E-state index in [0.29, 0.717) is 0 Å². The zero-order valence-corrected chi connectivity index (χ0v) is 8.10. The van der Waals surface area contributed by atoms with E-state index >= 15 is 0 Å². The molecule has 0 fully saturated rings. The quantitative estimate of drug-likeness (QED) is 0.398. The summed E-state index contributed by atoms with van der Waals surface area (Å²) in [6, 6.07) is 0. The molecule has 0 saturated carbocycles. The van der Waals surface area contributed by atoms with E-state index in [2.05, 4.69) is 21.9 Å². The molecule has 0 radical (unpaired) electrons. The van der Waals surface area contributed by atoms with Crippen LogP contribution in [-0.4, -0.2) is 21.7 Å². The van der Waals surface area contributed by atoms with E-state index in [-0.39, 0.29) is 6.61 Å². The van der Waals surface area contributed by atoms with Gasteiger partial charge in [0.2, 0.25) is 3.79 Å². The predicted molar refractivity (Wildman–Crippen MR) is 46.7 cm³/mol. The van der Waals surface area contributed by atoms with Crippen LogP contribution in [0.1, 0.15) is 0 Å². The summed E-state index contributed by atoms with van der Waals surface area (Å²) in [6.07, 6.45) is -0.925. The first-order chi connectivity index (χ1) is 4.95. The molecule has 0 aliphatic heterocycles. The molecule has 0 N–H and O–H groups in total. The van der Waals surface area contributed by atoms with Crippen LogP contribution in [-0.2, 0) is 4.74 Å². The third-order valence-electron chi connectivity index (χ3n) is 0.496. The van der Waals surface area contributed by atoms with Gasteiger partial charge in [-0.05, 0) is 12.2 Å². The summed E-state index contributed by atoms with van der Waals surface area (Å²) < 4.78 is 2.70. The molecule has 7 heteroatoms. The number of thiocarbonyl (C=S) groups is 1. The molecule has 0 unspecified atom stereocenters. The molecule has 0 rings (SSSR count). The number of alkyl halides is 3. The van der Waals surface area contributed by atoms with Gasteiger partial charge in [-0.3, -0.25) is 0 Å². The summed E-state index contributed by atoms with van der Waals surface area (Å²) in [5.74, 6) is 0. The lowest BCUT2D eigenvalue weighted by Gasteiger charge is -2.08. The van der Waals surface area contributed by atoms with Crippen molar-refractivity contribution < 1.29 is 9.53 Å². The van der Waals surface area contributed by atoms with Crippen LogP contribution in [0.2, 0.25) is 0 Å². The first-order valence-electron chi connectivity index (χ1n) is 2.27. The largest absolute Gasteiger partial charge is 0.443 e. The second-order valence-electron chi connectivity index (χ2n) is 1.37. The molecule has 11 heavy (non-hydrogen) atoms. The van der Waals surface area contributed by atoms with Crippen molar-refractivity contribution in [2.45, 2.75) is 3.79 Å². The second-order valence-corrected chi connectivity index (χ2v) is 4.07. The zero-order chi connectivity index (χ0) is 8.91. The number of nitrogens with zero attached hydrogens (tertiary/aromatic N) is 1. The second kappa shape index (κ2) is 4.91. The summed E-state index contributed by atoms with van der Waals surface area (Å²) in [5, 5.41) is 1.81. The van der Waals surface area contributed by atoms with Gasteiger partial charge in [-0.15, -0.1) is 4.99 Å². The molecule has 3 nitrogen and oxygen atoms in total. The molecule has 0 spiro atoms. The lowest BCUT2D eigenvalue weighted by Crippen LogP contribution is -2.14. The minimum atomic E-state index is -1.62. The normalized spacial score (nSPS) is 10.1. The fourth-order valence-corrected chi connectivity index (χ4v) is 0.451. The third kappa shape index (κ3) is 8.04. The number of hydrogen-bond donors (Lipinski definition) is 0. The van der Waals surface area contributed by atoms with Crippen LogP contribution in [0.15, 0.2) is 4.99 Å². The van der Waals surface area contributed by atoms with E-state index in [1.54, 1.807) is 0 Å². The molecule has 0 aliphatic rings. The first kappa shape index (κ1) is 11.1. The smallest absolute Gasteiger partial charge is 0.442 e. The minimum absolute atomic E-state index is 0.364. The number of ether oxygens (including phenoxy) is 1. The van der Waals surface area contributed by atoms with Crippen LogP contribution in [0.4, 0.5) is 4.79 Å². The van der Waals surface area contributed by atoms with E-state index < -0.39 is 9.89 Å². The third-order valence-corrected chi connectivity index (χ3v) is 0.915. The highest BCUT2D eigenvalue weighted by Gasteiger charge is 2.21. The molecule has 0 aromatic heterocycles. The van der Waals surface area contributed by atoms with Crippen molar-refractivity contribution in [1.82, 2.24) is 0 Å². The molecule has 0 aliphatic carbocycles. The molecular weight excluding hydrogens is 232 g/mol. The van der Waals surface area contributed by atoms with E-state index in [9.17, 15) is 4.79 Å². The highest BCUT2D eigenvalue weighted by atomic mass is 35.6. The topological polar surface area (TPSA) is 38.7 Å². The molecule has 62 valence electrons. The molecule has 0 bridgehead atoms. The van der Waals surface area contributed by atoms with E-state index in [1.807, 2.05) is 5.16 Å². The van der Waals surface area contributed by atoms with Gasteiger partial charge in [0.05, 0.1) is 5.16 Å². The Labute approximate surface area is 83.3 Å². The summed E-state index contributed by atoms with van der Waals surface area (Å²) in [6.45, 7) is -0.364. The van der Waals surface area contributed by atoms with Gasteiger partial charge in [-0.1, -0.05) is 34.8 Å². The highest BCUT2D eigenvalue weighted by molar-refractivity contribution is 7.78. The Balaban J connectivity index is 3.72. The van der Waals surface area contributed by atoms with Crippen molar-refractivity contribution in [2.75, 3.05) is 6.61 Å². The van der Waals surface area contributed by atoms with Gasteiger partial charge < -0.3 is 4.74 Å². The number of rotatable bonds is 1. The molecular formula is C4H2Cl3NO2S. The fraction of sp³-hybridized carbons (Fsp3) is 0.500. The van der Waals surface area contributed by atoms with Crippen molar-refractivity contribution in [3.05, 3.63) is 0 Å². The van der Waals surface area contributed by atoms with Crippen LogP contribution >= 0.6 is 47.0 Å². The van der Waals surface area contributed by atoms with Crippen LogP contribution in [0, 0.1) is 0 Å². The van der Waals surface area contributed by atoms with Crippen LogP contribution in [0.5, 0.6) is 0 Å². The Morgan fingerprint density at radius 1 is 1.64 bits per heavy atom. The Bertz CT molecular complexity index is 196. The maximum Gasteiger partial charge on any atom is 0.442 e. The van der Waals surface area contributed by atoms with Gasteiger partial charge in [0.1, 0.15) is 6.61 Å². The van der Waals surface area contributed by atoms with Gasteiger partial charge in [0, 0.05) is 0 Å². The standard InChI is InChI=1S/C4H2Cl3NO2S/c5-4(6,7)1-10-3(9)8-2-11/h1H2. The van der Waals surface area contributed by atoms with Gasteiger partial charge >= 0.3 is 6.09 Å². The molecule has 0 atom stereocenters. The molecule has 1 amide bonds. The maximum absolute atomic E-state index is 10.4. The van der Waals surface area contributed by atoms with Crippen molar-refractivity contribution in [1.29, 1.82) is 0 Å². The number of aliphatic imine (C=N–C) groups is 1. The van der Waals surface area contributed by atoms with Gasteiger partial charge in [-0.2, -0.15) is 0 Å². The van der Waals surface area contributed by atoms with Gasteiger partial charge in [0.25, 0.3) is 0 Å². The van der Waals surface area contributed by atoms with E-state index in [4.69, 9.17) is 34.8 Å². The first-order valence-corrected chi connectivity index (χ1v) is 3.81. The maximum atomic E-state index is 10.4. The predicted octanol–water partition coefficient (Wildman–Crippen LogP) is 2.60. The Hall–Kier alpha value is 0.140. The highest BCUT2D eigenvalue weighted by Crippen LogP contribution is 2.25. The molecule has 0 saturated heterocycles. The molecule has 0 aromatic rings. The Kier molecular flexibility index (Phi) is 4.97. The van der Waals surface area contributed by atoms with Gasteiger partial charge in [-0.25, -0.2) is 4.79 Å². The number of amides is 1. The molecule has 0 heterocycles. The average molecular weight is 234 g/mol. The number of carbonyl (C=O) groups is 1. The van der Waals surface area contributed by atoms with Crippen LogP contribution in [0.25, 0.3) is 0 Å². The summed E-state index contributed by atoms with van der Waals surface area (Å²) >= 11 is 19.8.